The molecular weight excluding hydrogens is 390 g/mol. The van der Waals surface area contributed by atoms with Crippen LogP contribution in [0.4, 0.5) is 0 Å². The maximum absolute atomic E-state index is 12.8. The van der Waals surface area contributed by atoms with Crippen LogP contribution in [-0.4, -0.2) is 29.9 Å². The van der Waals surface area contributed by atoms with E-state index in [2.05, 4.69) is 15.6 Å². The van der Waals surface area contributed by atoms with Crippen molar-refractivity contribution in [2.24, 2.45) is 0 Å². The Labute approximate surface area is 182 Å². The molecule has 0 spiro atoms. The van der Waals surface area contributed by atoms with Crippen molar-refractivity contribution in [3.63, 3.8) is 0 Å². The Morgan fingerprint density at radius 3 is 2.19 bits per heavy atom. The van der Waals surface area contributed by atoms with Gasteiger partial charge < -0.3 is 15.4 Å². The Morgan fingerprint density at radius 2 is 1.55 bits per heavy atom. The van der Waals surface area contributed by atoms with Gasteiger partial charge in [-0.05, 0) is 54.0 Å². The molecule has 3 rings (SSSR count). The summed E-state index contributed by atoms with van der Waals surface area (Å²) in [6.07, 6.45) is 6.46. The average Bonchev–Trinajstić information content (AvgIpc) is 2.82. The molecular formula is C25H25N3O3. The fourth-order valence-electron chi connectivity index (χ4n) is 3.04. The number of amides is 2. The second-order valence-corrected chi connectivity index (χ2v) is 6.97. The zero-order valence-electron chi connectivity index (χ0n) is 17.5. The van der Waals surface area contributed by atoms with Crippen molar-refractivity contribution in [2.45, 2.75) is 19.0 Å². The number of aromatic nitrogens is 1. The lowest BCUT2D eigenvalue weighted by Gasteiger charge is -2.22. The molecule has 2 unspecified atom stereocenters. The molecule has 2 atom stereocenters. The molecule has 1 aromatic heterocycles. The molecule has 1 heterocycles. The van der Waals surface area contributed by atoms with Gasteiger partial charge in [0.1, 0.15) is 11.8 Å². The minimum atomic E-state index is -0.707. The summed E-state index contributed by atoms with van der Waals surface area (Å²) in [5.74, 6) is 0.115. The van der Waals surface area contributed by atoms with Crippen molar-refractivity contribution in [3.8, 4) is 5.75 Å². The quantitative estimate of drug-likeness (QED) is 0.552. The van der Waals surface area contributed by atoms with Crippen molar-refractivity contribution < 1.29 is 14.3 Å². The van der Waals surface area contributed by atoms with E-state index in [0.29, 0.717) is 0 Å². The van der Waals surface area contributed by atoms with Crippen LogP contribution in [0.2, 0.25) is 0 Å². The van der Waals surface area contributed by atoms with Crippen LogP contribution < -0.4 is 15.4 Å². The first-order chi connectivity index (χ1) is 15.1. The third kappa shape index (κ3) is 6.27. The highest BCUT2D eigenvalue weighted by Crippen LogP contribution is 2.21. The second-order valence-electron chi connectivity index (χ2n) is 6.97. The number of benzene rings is 2. The van der Waals surface area contributed by atoms with Crippen LogP contribution in [-0.2, 0) is 9.59 Å². The molecule has 0 fully saturated rings. The predicted molar refractivity (Wildman–Crippen MR) is 120 cm³/mol. The van der Waals surface area contributed by atoms with Crippen molar-refractivity contribution in [1.82, 2.24) is 15.6 Å². The number of nitrogens with zero attached hydrogens (tertiary/aromatic N) is 1. The summed E-state index contributed by atoms with van der Waals surface area (Å²) in [6, 6.07) is 19.7. The molecule has 2 N–H and O–H groups in total. The van der Waals surface area contributed by atoms with Crippen LogP contribution in [0, 0.1) is 0 Å². The van der Waals surface area contributed by atoms with Crippen LogP contribution >= 0.6 is 0 Å². The van der Waals surface area contributed by atoms with Gasteiger partial charge in [-0.15, -0.1) is 0 Å². The number of carbonyl (C=O) groups is 2. The van der Waals surface area contributed by atoms with Crippen molar-refractivity contribution in [2.75, 3.05) is 7.11 Å². The summed E-state index contributed by atoms with van der Waals surface area (Å²) in [7, 11) is 1.60. The molecule has 6 nitrogen and oxygen atoms in total. The Bertz CT molecular complexity index is 979. The van der Waals surface area contributed by atoms with Crippen molar-refractivity contribution >= 4 is 17.9 Å². The molecule has 3 aromatic rings. The monoisotopic (exact) mass is 415 g/mol. The van der Waals surface area contributed by atoms with E-state index in [4.69, 9.17) is 4.74 Å². The number of carbonyl (C=O) groups excluding carboxylic acids is 2. The zero-order chi connectivity index (χ0) is 22.1. The van der Waals surface area contributed by atoms with Crippen LogP contribution in [0.1, 0.15) is 29.7 Å². The van der Waals surface area contributed by atoms with E-state index in [1.54, 1.807) is 32.5 Å². The van der Waals surface area contributed by atoms with Gasteiger partial charge in [-0.3, -0.25) is 14.6 Å². The minimum absolute atomic E-state index is 0.281. The minimum Gasteiger partial charge on any atom is -0.497 e. The fourth-order valence-corrected chi connectivity index (χ4v) is 3.04. The SMILES string of the molecule is COc1ccc(/C=C/C(=O)NC(C)C(=O)NC(c2ccccc2)c2ccncc2)cc1. The molecule has 0 saturated heterocycles. The molecule has 2 amide bonds. The van der Waals surface area contributed by atoms with Crippen LogP contribution in [0.3, 0.4) is 0 Å². The summed E-state index contributed by atoms with van der Waals surface area (Å²) in [5, 5.41) is 5.73. The normalized spacial score (nSPS) is 12.7. The van der Waals surface area contributed by atoms with Crippen molar-refractivity contribution in [3.05, 3.63) is 102 Å². The number of pyridine rings is 1. The molecule has 0 bridgehead atoms. The Hall–Kier alpha value is -3.93. The Kier molecular flexibility index (Phi) is 7.54. The Balaban J connectivity index is 1.63. The second kappa shape index (κ2) is 10.7. The van der Waals surface area contributed by atoms with E-state index >= 15 is 0 Å². The summed E-state index contributed by atoms with van der Waals surface area (Å²) in [5.41, 5.74) is 2.71. The standard InChI is InChI=1S/C25H25N3O3/c1-18(27-23(29)13-10-19-8-11-22(31-2)12-9-19)25(30)28-24(20-6-4-3-5-7-20)21-14-16-26-17-15-21/h3-18,24H,1-2H3,(H,27,29)(H,28,30)/b13-10+. The summed E-state index contributed by atoms with van der Waals surface area (Å²) >= 11 is 0. The molecule has 158 valence electrons. The van der Waals surface area contributed by atoms with Crippen LogP contribution in [0.25, 0.3) is 6.08 Å². The van der Waals surface area contributed by atoms with Gasteiger partial charge >= 0.3 is 0 Å². The molecule has 31 heavy (non-hydrogen) atoms. The van der Waals surface area contributed by atoms with E-state index in [1.807, 2.05) is 66.7 Å². The topological polar surface area (TPSA) is 80.3 Å². The molecule has 0 aliphatic carbocycles. The van der Waals surface area contributed by atoms with E-state index < -0.39 is 6.04 Å². The fraction of sp³-hybridized carbons (Fsp3) is 0.160. The van der Waals surface area contributed by atoms with E-state index in [0.717, 1.165) is 22.4 Å². The summed E-state index contributed by atoms with van der Waals surface area (Å²) in [4.78, 5) is 29.1. The first-order valence-electron chi connectivity index (χ1n) is 9.94. The summed E-state index contributed by atoms with van der Waals surface area (Å²) in [6.45, 7) is 1.66. The third-order valence-electron chi connectivity index (χ3n) is 4.75. The highest BCUT2D eigenvalue weighted by Gasteiger charge is 2.21. The van der Waals surface area contributed by atoms with Gasteiger partial charge in [0.15, 0.2) is 0 Å². The van der Waals surface area contributed by atoms with Gasteiger partial charge in [0, 0.05) is 18.5 Å². The predicted octanol–water partition coefficient (Wildman–Crippen LogP) is 3.51. The molecule has 6 heteroatoms. The number of nitrogens with one attached hydrogen (secondary N) is 2. The first-order valence-corrected chi connectivity index (χ1v) is 9.94. The number of hydrogen-bond donors (Lipinski definition) is 2. The summed E-state index contributed by atoms with van der Waals surface area (Å²) < 4.78 is 5.12. The number of ether oxygens (including phenoxy) is 1. The molecule has 0 aliphatic rings. The lowest BCUT2D eigenvalue weighted by atomic mass is 9.99. The molecule has 0 saturated carbocycles. The smallest absolute Gasteiger partial charge is 0.244 e. The van der Waals surface area contributed by atoms with Crippen molar-refractivity contribution in [1.29, 1.82) is 0 Å². The number of hydrogen-bond acceptors (Lipinski definition) is 4. The highest BCUT2D eigenvalue weighted by molar-refractivity contribution is 5.95. The maximum atomic E-state index is 12.8. The van der Waals surface area contributed by atoms with E-state index in [1.165, 1.54) is 6.08 Å². The molecule has 2 aromatic carbocycles. The maximum Gasteiger partial charge on any atom is 0.244 e. The third-order valence-corrected chi connectivity index (χ3v) is 4.75. The highest BCUT2D eigenvalue weighted by atomic mass is 16.5. The van der Waals surface area contributed by atoms with Gasteiger partial charge in [-0.2, -0.15) is 0 Å². The van der Waals surface area contributed by atoms with E-state index in [-0.39, 0.29) is 17.9 Å². The molecule has 0 radical (unpaired) electrons. The number of methoxy groups -OCH3 is 1. The van der Waals surface area contributed by atoms with Gasteiger partial charge in [-0.25, -0.2) is 0 Å². The lowest BCUT2D eigenvalue weighted by Crippen LogP contribution is -2.45. The lowest BCUT2D eigenvalue weighted by molar-refractivity contribution is -0.127. The Morgan fingerprint density at radius 1 is 0.903 bits per heavy atom. The zero-order valence-corrected chi connectivity index (χ0v) is 17.5. The number of rotatable bonds is 8. The van der Waals surface area contributed by atoms with Gasteiger partial charge in [-0.1, -0.05) is 42.5 Å². The van der Waals surface area contributed by atoms with Crippen LogP contribution in [0.15, 0.2) is 85.2 Å². The van der Waals surface area contributed by atoms with Gasteiger partial charge in [0.2, 0.25) is 11.8 Å². The van der Waals surface area contributed by atoms with Crippen LogP contribution in [0.5, 0.6) is 5.75 Å². The van der Waals surface area contributed by atoms with Gasteiger partial charge in [0.05, 0.1) is 13.2 Å². The van der Waals surface area contributed by atoms with Gasteiger partial charge in [0.25, 0.3) is 0 Å². The average molecular weight is 415 g/mol. The largest absolute Gasteiger partial charge is 0.497 e. The molecule has 0 aliphatic heterocycles. The first kappa shape index (κ1) is 21.8. The van der Waals surface area contributed by atoms with E-state index in [9.17, 15) is 9.59 Å².